The fraction of sp³-hybridized carbons (Fsp3) is 0.429. The summed E-state index contributed by atoms with van der Waals surface area (Å²) in [6.07, 6.45) is 6.32. The Balaban J connectivity index is 1.54. The number of nitrogens with zero attached hydrogens (tertiary/aromatic N) is 4. The number of aliphatic hydroxyl groups is 1. The molecule has 3 heterocycles. The van der Waals surface area contributed by atoms with Crippen LogP contribution in [0.5, 0.6) is 0 Å². The van der Waals surface area contributed by atoms with Gasteiger partial charge in [0.25, 0.3) is 0 Å². The van der Waals surface area contributed by atoms with E-state index in [9.17, 15) is 15.2 Å². The summed E-state index contributed by atoms with van der Waals surface area (Å²) in [5.74, 6) is -0.358. The van der Waals surface area contributed by atoms with Crippen molar-refractivity contribution in [3.8, 4) is 17.2 Å². The molecule has 1 amide bonds. The molecular weight excluding hydrogens is 356 g/mol. The van der Waals surface area contributed by atoms with Gasteiger partial charge in [-0.05, 0) is 24.0 Å². The summed E-state index contributed by atoms with van der Waals surface area (Å²) in [5, 5.41) is 19.7. The summed E-state index contributed by atoms with van der Waals surface area (Å²) in [5.41, 5.74) is 2.84. The van der Waals surface area contributed by atoms with Crippen LogP contribution in [0.15, 0.2) is 43.0 Å². The van der Waals surface area contributed by atoms with Gasteiger partial charge in [0, 0.05) is 43.0 Å². The number of amides is 1. The highest BCUT2D eigenvalue weighted by atomic mass is 16.5. The average molecular weight is 378 g/mol. The Hall–Kier alpha value is -2.82. The van der Waals surface area contributed by atoms with E-state index in [1.54, 1.807) is 17.3 Å². The summed E-state index contributed by atoms with van der Waals surface area (Å²) in [6.45, 7) is 0.977. The maximum Gasteiger partial charge on any atom is 0.227 e. The molecule has 144 valence electrons. The van der Waals surface area contributed by atoms with Crippen LogP contribution in [0.4, 0.5) is 0 Å². The molecule has 3 atom stereocenters. The first-order valence-corrected chi connectivity index (χ1v) is 9.50. The van der Waals surface area contributed by atoms with Gasteiger partial charge in [-0.3, -0.25) is 4.79 Å². The lowest BCUT2D eigenvalue weighted by Crippen LogP contribution is -2.66. The standard InChI is InChI=1S/C21H22N4O3/c22-9-18-20(15-3-1-14(2-4-15)17-10-23-13-24-11-17)19(12-26)25(18)21(27)16-5-7-28-8-6-16/h1-4,10-11,13,16,18-20,26H,5-8,12H2/t18-,19+,20-/m0/s1. The predicted molar refractivity (Wildman–Crippen MR) is 101 cm³/mol. The van der Waals surface area contributed by atoms with Crippen molar-refractivity contribution in [1.29, 1.82) is 5.26 Å². The highest BCUT2D eigenvalue weighted by molar-refractivity contribution is 5.81. The molecule has 0 saturated carbocycles. The summed E-state index contributed by atoms with van der Waals surface area (Å²) in [4.78, 5) is 22.6. The van der Waals surface area contributed by atoms with E-state index >= 15 is 0 Å². The molecule has 2 aliphatic rings. The number of nitriles is 1. The number of aromatic nitrogens is 2. The van der Waals surface area contributed by atoms with Crippen LogP contribution in [0.1, 0.15) is 24.3 Å². The van der Waals surface area contributed by atoms with Gasteiger partial charge < -0.3 is 14.7 Å². The number of rotatable bonds is 4. The quantitative estimate of drug-likeness (QED) is 0.870. The Labute approximate surface area is 163 Å². The number of aliphatic hydroxyl groups excluding tert-OH is 1. The van der Waals surface area contributed by atoms with E-state index in [1.165, 1.54) is 6.33 Å². The maximum absolute atomic E-state index is 12.9. The molecule has 7 nitrogen and oxygen atoms in total. The molecule has 0 unspecified atom stereocenters. The molecule has 2 aliphatic heterocycles. The second-order valence-electron chi connectivity index (χ2n) is 7.23. The van der Waals surface area contributed by atoms with Crippen molar-refractivity contribution >= 4 is 5.91 Å². The SMILES string of the molecule is N#C[C@H]1[C@H](c2ccc(-c3cncnc3)cc2)[C@@H](CO)N1C(=O)C1CCOCC1. The Morgan fingerprint density at radius 2 is 1.86 bits per heavy atom. The Kier molecular flexibility index (Phi) is 5.33. The highest BCUT2D eigenvalue weighted by Gasteiger charge is 2.52. The molecule has 0 spiro atoms. The maximum atomic E-state index is 12.9. The van der Waals surface area contributed by atoms with Gasteiger partial charge in [-0.15, -0.1) is 0 Å². The molecule has 1 aromatic carbocycles. The number of hydrogen-bond acceptors (Lipinski definition) is 6. The molecule has 0 bridgehead atoms. The van der Waals surface area contributed by atoms with Crippen LogP contribution in [-0.2, 0) is 9.53 Å². The summed E-state index contributed by atoms with van der Waals surface area (Å²) >= 11 is 0. The third kappa shape index (κ3) is 3.26. The van der Waals surface area contributed by atoms with Crippen molar-refractivity contribution in [3.05, 3.63) is 48.5 Å². The van der Waals surface area contributed by atoms with Gasteiger partial charge in [0.15, 0.2) is 0 Å². The molecule has 0 radical (unpaired) electrons. The molecule has 2 saturated heterocycles. The normalized spacial score (nSPS) is 25.0. The van der Waals surface area contributed by atoms with Crippen molar-refractivity contribution in [3.63, 3.8) is 0 Å². The third-order valence-corrected chi connectivity index (χ3v) is 5.75. The van der Waals surface area contributed by atoms with Crippen molar-refractivity contribution in [2.45, 2.75) is 30.8 Å². The topological polar surface area (TPSA) is 99.3 Å². The van der Waals surface area contributed by atoms with E-state index in [0.717, 1.165) is 16.7 Å². The van der Waals surface area contributed by atoms with Crippen molar-refractivity contribution in [1.82, 2.24) is 14.9 Å². The van der Waals surface area contributed by atoms with Gasteiger partial charge in [-0.2, -0.15) is 5.26 Å². The summed E-state index contributed by atoms with van der Waals surface area (Å²) in [6, 6.07) is 9.17. The van der Waals surface area contributed by atoms with E-state index in [2.05, 4.69) is 16.0 Å². The third-order valence-electron chi connectivity index (χ3n) is 5.75. The lowest BCUT2D eigenvalue weighted by atomic mass is 9.74. The van der Waals surface area contributed by atoms with Crippen molar-refractivity contribution < 1.29 is 14.6 Å². The second-order valence-corrected chi connectivity index (χ2v) is 7.23. The van der Waals surface area contributed by atoms with Gasteiger partial charge in [0.1, 0.15) is 12.4 Å². The lowest BCUT2D eigenvalue weighted by Gasteiger charge is -2.52. The first-order valence-electron chi connectivity index (χ1n) is 9.50. The average Bonchev–Trinajstić information content (AvgIpc) is 2.75. The Bertz CT molecular complexity index is 859. The van der Waals surface area contributed by atoms with Gasteiger partial charge in [-0.1, -0.05) is 24.3 Å². The van der Waals surface area contributed by atoms with Crippen LogP contribution in [-0.4, -0.2) is 57.8 Å². The van der Waals surface area contributed by atoms with E-state index < -0.39 is 6.04 Å². The molecule has 7 heteroatoms. The molecule has 1 N–H and O–H groups in total. The largest absolute Gasteiger partial charge is 0.394 e. The number of carbonyl (C=O) groups is 1. The van der Waals surface area contributed by atoms with Crippen LogP contribution in [0.3, 0.4) is 0 Å². The van der Waals surface area contributed by atoms with Gasteiger partial charge in [0.2, 0.25) is 5.91 Å². The number of hydrogen-bond donors (Lipinski definition) is 1. The fourth-order valence-electron chi connectivity index (χ4n) is 4.21. The number of carbonyl (C=O) groups excluding carboxylic acids is 1. The summed E-state index contributed by atoms with van der Waals surface area (Å²) < 4.78 is 5.33. The Morgan fingerprint density at radius 1 is 1.18 bits per heavy atom. The van der Waals surface area contributed by atoms with E-state index in [0.29, 0.717) is 26.1 Å². The van der Waals surface area contributed by atoms with Gasteiger partial charge in [-0.25, -0.2) is 9.97 Å². The minimum atomic E-state index is -0.557. The van der Waals surface area contributed by atoms with Crippen LogP contribution in [0.2, 0.25) is 0 Å². The molecule has 28 heavy (non-hydrogen) atoms. The van der Waals surface area contributed by atoms with Gasteiger partial charge >= 0.3 is 0 Å². The lowest BCUT2D eigenvalue weighted by molar-refractivity contribution is -0.154. The number of likely N-dealkylation sites (tertiary alicyclic amines) is 1. The first-order chi connectivity index (χ1) is 13.7. The van der Waals surface area contributed by atoms with Crippen LogP contribution in [0.25, 0.3) is 11.1 Å². The zero-order valence-electron chi connectivity index (χ0n) is 15.4. The Morgan fingerprint density at radius 3 is 2.46 bits per heavy atom. The number of benzene rings is 1. The molecule has 0 aliphatic carbocycles. The number of ether oxygens (including phenoxy) is 1. The monoisotopic (exact) mass is 378 g/mol. The van der Waals surface area contributed by atoms with Gasteiger partial charge in [0.05, 0.1) is 18.7 Å². The van der Waals surface area contributed by atoms with Crippen LogP contribution < -0.4 is 0 Å². The molecule has 2 aromatic rings. The van der Waals surface area contributed by atoms with E-state index in [1.807, 2.05) is 24.3 Å². The van der Waals surface area contributed by atoms with E-state index in [-0.39, 0.29) is 30.4 Å². The minimum absolute atomic E-state index is 0.0387. The van der Waals surface area contributed by atoms with Crippen LogP contribution >= 0.6 is 0 Å². The fourth-order valence-corrected chi connectivity index (χ4v) is 4.21. The smallest absolute Gasteiger partial charge is 0.227 e. The zero-order valence-corrected chi connectivity index (χ0v) is 15.4. The zero-order chi connectivity index (χ0) is 19.5. The van der Waals surface area contributed by atoms with E-state index in [4.69, 9.17) is 4.74 Å². The first kappa shape index (κ1) is 18.5. The molecule has 4 rings (SSSR count). The van der Waals surface area contributed by atoms with Crippen molar-refractivity contribution in [2.24, 2.45) is 5.92 Å². The van der Waals surface area contributed by atoms with Crippen molar-refractivity contribution in [2.75, 3.05) is 19.8 Å². The summed E-state index contributed by atoms with van der Waals surface area (Å²) in [7, 11) is 0. The molecule has 2 fully saturated rings. The highest BCUT2D eigenvalue weighted by Crippen LogP contribution is 2.42. The minimum Gasteiger partial charge on any atom is -0.394 e. The second kappa shape index (κ2) is 8.05. The van der Waals surface area contributed by atoms with Crippen LogP contribution in [0, 0.1) is 17.2 Å². The predicted octanol–water partition coefficient (Wildman–Crippen LogP) is 1.75. The molecule has 1 aromatic heterocycles. The molecular formula is C21H22N4O3.